The van der Waals surface area contributed by atoms with E-state index in [1.54, 1.807) is 42.5 Å². The average molecular weight is 593 g/mol. The minimum absolute atomic E-state index is 0. The number of hydrogen-bond donors (Lipinski definition) is 2. The summed E-state index contributed by atoms with van der Waals surface area (Å²) in [5, 5.41) is 13.2. The van der Waals surface area contributed by atoms with Crippen LogP contribution in [0.1, 0.15) is 59.4 Å². The highest BCUT2D eigenvalue weighted by Crippen LogP contribution is 2.65. The van der Waals surface area contributed by atoms with Gasteiger partial charge in [0.2, 0.25) is 5.91 Å². The largest absolute Gasteiger partial charge is 0.478 e. The molecule has 3 aliphatic heterocycles. The van der Waals surface area contributed by atoms with Crippen molar-refractivity contribution in [3.05, 3.63) is 93.0 Å². The summed E-state index contributed by atoms with van der Waals surface area (Å²) in [6.07, 6.45) is 2.15. The summed E-state index contributed by atoms with van der Waals surface area (Å²) in [7, 11) is 0. The summed E-state index contributed by atoms with van der Waals surface area (Å²) >= 11 is 12.7. The lowest BCUT2D eigenvalue weighted by Gasteiger charge is -2.40. The van der Waals surface area contributed by atoms with Crippen molar-refractivity contribution in [2.45, 2.75) is 50.2 Å². The SMILES string of the molecule is C.O=C(O)c1ccc2nc3n(c2c1)C[C@@H]1[C@H]3[C@@H](c2cccc(Cl)c2F)[C@@]2(C(=O)Nc3cc(Cl)ccc32)N1CC1CC1. The van der Waals surface area contributed by atoms with Crippen LogP contribution in [0, 0.1) is 11.7 Å². The third-order valence-corrected chi connectivity index (χ3v) is 9.75. The van der Waals surface area contributed by atoms with Crippen LogP contribution in [0.4, 0.5) is 10.1 Å². The van der Waals surface area contributed by atoms with Gasteiger partial charge >= 0.3 is 5.97 Å². The number of benzene rings is 3. The predicted octanol–water partition coefficient (Wildman–Crippen LogP) is 6.64. The van der Waals surface area contributed by atoms with E-state index in [1.165, 1.54) is 6.07 Å². The molecule has 10 heteroatoms. The van der Waals surface area contributed by atoms with Crippen molar-refractivity contribution in [3.8, 4) is 0 Å². The molecule has 8 rings (SSSR count). The Kier molecular flexibility index (Phi) is 5.82. The lowest BCUT2D eigenvalue weighted by molar-refractivity contribution is -0.128. The number of fused-ring (bicyclic) bond motifs is 7. The van der Waals surface area contributed by atoms with Crippen molar-refractivity contribution in [1.82, 2.24) is 14.5 Å². The zero-order valence-electron chi connectivity index (χ0n) is 21.1. The molecule has 1 spiro atoms. The number of nitrogens with one attached hydrogen (secondary N) is 1. The number of carboxylic acid groups (broad SMARTS) is 1. The van der Waals surface area contributed by atoms with Gasteiger partial charge in [0, 0.05) is 47.2 Å². The molecular formula is C31H27Cl2FN4O3. The fourth-order valence-electron chi connectivity index (χ4n) is 7.48. The Morgan fingerprint density at radius 1 is 1.15 bits per heavy atom. The molecule has 1 saturated carbocycles. The molecule has 41 heavy (non-hydrogen) atoms. The Balaban J connectivity index is 0.00000276. The number of carbonyl (C=O) groups is 2. The quantitative estimate of drug-likeness (QED) is 0.277. The van der Waals surface area contributed by atoms with Gasteiger partial charge in [-0.25, -0.2) is 14.2 Å². The molecule has 4 atom stereocenters. The van der Waals surface area contributed by atoms with Crippen LogP contribution < -0.4 is 5.32 Å². The first kappa shape index (κ1) is 26.4. The van der Waals surface area contributed by atoms with Crippen LogP contribution in [-0.2, 0) is 16.9 Å². The molecule has 1 aliphatic carbocycles. The molecule has 1 amide bonds. The second kappa shape index (κ2) is 9.02. The molecule has 7 nitrogen and oxygen atoms in total. The summed E-state index contributed by atoms with van der Waals surface area (Å²) < 4.78 is 18.1. The van der Waals surface area contributed by atoms with E-state index < -0.39 is 23.2 Å². The van der Waals surface area contributed by atoms with Gasteiger partial charge in [-0.3, -0.25) is 9.69 Å². The lowest BCUT2D eigenvalue weighted by Crippen LogP contribution is -2.53. The van der Waals surface area contributed by atoms with E-state index in [4.69, 9.17) is 28.2 Å². The molecule has 210 valence electrons. The van der Waals surface area contributed by atoms with E-state index in [9.17, 15) is 14.7 Å². The molecule has 4 heterocycles. The van der Waals surface area contributed by atoms with Crippen LogP contribution in [0.15, 0.2) is 54.6 Å². The summed E-state index contributed by atoms with van der Waals surface area (Å²) in [6, 6.07) is 15.1. The number of amides is 1. The number of anilines is 1. The Morgan fingerprint density at radius 2 is 1.95 bits per heavy atom. The highest BCUT2D eigenvalue weighted by atomic mass is 35.5. The van der Waals surface area contributed by atoms with Crippen molar-refractivity contribution < 1.29 is 19.1 Å². The normalized spacial score (nSPS) is 26.1. The molecule has 0 radical (unpaired) electrons. The Hall–Kier alpha value is -3.46. The van der Waals surface area contributed by atoms with Gasteiger partial charge in [0.1, 0.15) is 17.2 Å². The lowest BCUT2D eigenvalue weighted by atomic mass is 9.71. The van der Waals surface area contributed by atoms with E-state index in [0.717, 1.165) is 29.7 Å². The van der Waals surface area contributed by atoms with Gasteiger partial charge in [0.15, 0.2) is 0 Å². The maximum absolute atomic E-state index is 16.0. The number of aromatic carboxylic acids is 1. The molecule has 2 N–H and O–H groups in total. The number of carbonyl (C=O) groups excluding carboxylic acids is 1. The maximum Gasteiger partial charge on any atom is 0.335 e. The van der Waals surface area contributed by atoms with Crippen molar-refractivity contribution >= 4 is 51.8 Å². The van der Waals surface area contributed by atoms with Crippen LogP contribution in [0.3, 0.4) is 0 Å². The van der Waals surface area contributed by atoms with Crippen molar-refractivity contribution in [3.63, 3.8) is 0 Å². The fourth-order valence-corrected chi connectivity index (χ4v) is 7.83. The van der Waals surface area contributed by atoms with Crippen LogP contribution in [-0.4, -0.2) is 44.0 Å². The van der Waals surface area contributed by atoms with Gasteiger partial charge in [-0.15, -0.1) is 0 Å². The van der Waals surface area contributed by atoms with Crippen LogP contribution >= 0.6 is 23.2 Å². The molecule has 4 aliphatic rings. The Morgan fingerprint density at radius 3 is 2.71 bits per heavy atom. The number of carboxylic acids is 1. The highest BCUT2D eigenvalue weighted by molar-refractivity contribution is 6.31. The zero-order chi connectivity index (χ0) is 27.5. The third kappa shape index (κ3) is 3.50. The number of rotatable bonds is 4. The third-order valence-electron chi connectivity index (χ3n) is 9.22. The van der Waals surface area contributed by atoms with Gasteiger partial charge in [-0.05, 0) is 60.7 Å². The first-order valence-corrected chi connectivity index (χ1v) is 14.1. The smallest absolute Gasteiger partial charge is 0.335 e. The molecule has 2 fully saturated rings. The minimum Gasteiger partial charge on any atom is -0.478 e. The standard InChI is InChI=1S/C30H23Cl2FN4O3.CH4/c31-16-7-8-18-21(11-16)35-29(40)30(18)25(17-2-1-3-19(32)26(17)33)24-23(37(30)12-14-4-5-14)13-36-22-10-15(28(38)39)6-9-20(22)34-27(24)36;/h1-3,6-11,14,23-25H,4-5,12-13H2,(H,35,40)(H,38,39);1H4/t23-,24+,25-,30+;/m1./s1. The van der Waals surface area contributed by atoms with Crippen molar-refractivity contribution in [2.75, 3.05) is 11.9 Å². The van der Waals surface area contributed by atoms with Crippen LogP contribution in [0.25, 0.3) is 11.0 Å². The summed E-state index contributed by atoms with van der Waals surface area (Å²) in [5.74, 6) is -1.60. The monoisotopic (exact) mass is 592 g/mol. The van der Waals surface area contributed by atoms with Gasteiger partial charge in [-0.2, -0.15) is 0 Å². The molecule has 1 saturated heterocycles. The van der Waals surface area contributed by atoms with E-state index in [2.05, 4.69) is 14.8 Å². The number of hydrogen-bond acceptors (Lipinski definition) is 4. The van der Waals surface area contributed by atoms with E-state index in [-0.39, 0.29) is 35.9 Å². The molecular weight excluding hydrogens is 566 g/mol. The number of nitrogens with zero attached hydrogens (tertiary/aromatic N) is 3. The van der Waals surface area contributed by atoms with Crippen LogP contribution in [0.2, 0.25) is 10.0 Å². The zero-order valence-corrected chi connectivity index (χ0v) is 22.6. The summed E-state index contributed by atoms with van der Waals surface area (Å²) in [5.41, 5.74) is 2.14. The number of likely N-dealkylation sites (tertiary alicyclic amines) is 1. The molecule has 0 bridgehead atoms. The first-order valence-electron chi connectivity index (χ1n) is 13.3. The molecule has 3 aromatic carbocycles. The minimum atomic E-state index is -1.20. The number of imidazole rings is 1. The summed E-state index contributed by atoms with van der Waals surface area (Å²) in [4.78, 5) is 33.4. The molecule has 4 aromatic rings. The predicted molar refractivity (Wildman–Crippen MR) is 155 cm³/mol. The van der Waals surface area contributed by atoms with Gasteiger partial charge in [0.25, 0.3) is 0 Å². The maximum atomic E-state index is 16.0. The number of halogens is 3. The van der Waals surface area contributed by atoms with E-state index in [1.807, 2.05) is 6.07 Å². The van der Waals surface area contributed by atoms with E-state index >= 15 is 4.39 Å². The van der Waals surface area contributed by atoms with Gasteiger partial charge < -0.3 is 15.0 Å². The highest BCUT2D eigenvalue weighted by Gasteiger charge is 2.69. The average Bonchev–Trinajstić information content (AvgIpc) is 3.37. The summed E-state index contributed by atoms with van der Waals surface area (Å²) in [6.45, 7) is 1.18. The topological polar surface area (TPSA) is 87.5 Å². The first-order chi connectivity index (χ1) is 19.3. The number of aromatic nitrogens is 2. The fraction of sp³-hybridized carbons (Fsp3) is 0.323. The van der Waals surface area contributed by atoms with Gasteiger partial charge in [-0.1, -0.05) is 48.8 Å². The van der Waals surface area contributed by atoms with Crippen molar-refractivity contribution in [1.29, 1.82) is 0 Å². The van der Waals surface area contributed by atoms with Crippen LogP contribution in [0.5, 0.6) is 0 Å². The Labute approximate surface area is 245 Å². The van der Waals surface area contributed by atoms with Gasteiger partial charge in [0.05, 0.1) is 21.6 Å². The molecule has 1 aromatic heterocycles. The van der Waals surface area contributed by atoms with Crippen molar-refractivity contribution in [2.24, 2.45) is 5.92 Å². The second-order valence-electron chi connectivity index (χ2n) is 11.3. The Bertz CT molecular complexity index is 1790. The van der Waals surface area contributed by atoms with E-state index in [0.29, 0.717) is 40.8 Å². The molecule has 0 unspecified atom stereocenters. The second-order valence-corrected chi connectivity index (χ2v) is 12.2.